The second-order valence-electron chi connectivity index (χ2n) is 5.06. The minimum atomic E-state index is -0.194. The molecule has 2 aromatic carbocycles. The van der Waals surface area contributed by atoms with Gasteiger partial charge in [-0.25, -0.2) is 0 Å². The summed E-state index contributed by atoms with van der Waals surface area (Å²) in [4.78, 5) is 23.8. The highest BCUT2D eigenvalue weighted by Crippen LogP contribution is 2.25. The van der Waals surface area contributed by atoms with Crippen molar-refractivity contribution in [3.05, 3.63) is 48.0 Å². The molecule has 0 spiro atoms. The zero-order valence-corrected chi connectivity index (χ0v) is 13.7. The molecule has 23 heavy (non-hydrogen) atoms. The lowest BCUT2D eigenvalue weighted by Gasteiger charge is -2.08. The van der Waals surface area contributed by atoms with Gasteiger partial charge in [-0.15, -0.1) is 11.8 Å². The maximum Gasteiger partial charge on any atom is 0.234 e. The van der Waals surface area contributed by atoms with E-state index in [2.05, 4.69) is 10.6 Å². The van der Waals surface area contributed by atoms with E-state index in [1.807, 2.05) is 25.1 Å². The van der Waals surface area contributed by atoms with Crippen LogP contribution in [0.4, 0.5) is 11.4 Å². The van der Waals surface area contributed by atoms with Gasteiger partial charge in [-0.2, -0.15) is 0 Å². The van der Waals surface area contributed by atoms with Gasteiger partial charge in [0.1, 0.15) is 5.75 Å². The number of thioether (sulfide) groups is 1. The van der Waals surface area contributed by atoms with Crippen LogP contribution in [0.3, 0.4) is 0 Å². The summed E-state index contributed by atoms with van der Waals surface area (Å²) in [6.45, 7) is 3.32. The van der Waals surface area contributed by atoms with Crippen LogP contribution in [0.15, 0.2) is 47.4 Å². The summed E-state index contributed by atoms with van der Waals surface area (Å²) in [7, 11) is 0. The molecule has 0 heterocycles. The maximum absolute atomic E-state index is 11.9. The van der Waals surface area contributed by atoms with Crippen LogP contribution >= 0.6 is 11.8 Å². The predicted octanol–water partition coefficient (Wildman–Crippen LogP) is 3.39. The molecule has 0 aromatic heterocycles. The second kappa shape index (κ2) is 7.69. The Morgan fingerprint density at radius 1 is 1.09 bits per heavy atom. The normalized spacial score (nSPS) is 10.2. The molecule has 3 N–H and O–H groups in total. The Morgan fingerprint density at radius 3 is 2.39 bits per heavy atom. The molecule has 0 radical (unpaired) electrons. The molecule has 0 aliphatic carbocycles. The van der Waals surface area contributed by atoms with E-state index in [0.29, 0.717) is 5.69 Å². The molecule has 0 saturated heterocycles. The fraction of sp³-hybridized carbons (Fsp3) is 0.176. The topological polar surface area (TPSA) is 78.4 Å². The third kappa shape index (κ3) is 5.34. The Kier molecular flexibility index (Phi) is 5.65. The van der Waals surface area contributed by atoms with Crippen LogP contribution < -0.4 is 10.6 Å². The van der Waals surface area contributed by atoms with Crippen molar-refractivity contribution in [3.63, 3.8) is 0 Å². The average Bonchev–Trinajstić information content (AvgIpc) is 2.49. The number of nitrogens with one attached hydrogen (secondary N) is 2. The molecule has 0 aliphatic rings. The fourth-order valence-corrected chi connectivity index (χ4v) is 2.62. The summed E-state index contributed by atoms with van der Waals surface area (Å²) in [6, 6.07) is 12.3. The summed E-state index contributed by atoms with van der Waals surface area (Å²) in [5, 5.41) is 15.1. The van der Waals surface area contributed by atoms with Crippen LogP contribution in [0.25, 0.3) is 0 Å². The third-order valence-corrected chi connectivity index (χ3v) is 3.98. The molecule has 2 aromatic rings. The number of benzene rings is 2. The first kappa shape index (κ1) is 16.9. The molecule has 5 nitrogen and oxygen atoms in total. The second-order valence-corrected chi connectivity index (χ2v) is 6.11. The summed E-state index contributed by atoms with van der Waals surface area (Å²) < 4.78 is 0. The number of aryl methyl sites for hydroxylation is 1. The zero-order chi connectivity index (χ0) is 16.8. The third-order valence-electron chi connectivity index (χ3n) is 2.97. The van der Waals surface area contributed by atoms with E-state index >= 15 is 0 Å². The highest BCUT2D eigenvalue weighted by molar-refractivity contribution is 8.00. The largest absolute Gasteiger partial charge is 0.506 e. The lowest BCUT2D eigenvalue weighted by molar-refractivity contribution is -0.114. The molecule has 6 heteroatoms. The van der Waals surface area contributed by atoms with E-state index in [-0.39, 0.29) is 23.3 Å². The molecule has 0 aliphatic heterocycles. The number of anilines is 2. The first-order chi connectivity index (χ1) is 10.9. The standard InChI is InChI=1S/C17H18N2O3S/c1-11-3-8-15(16(21)9-11)19-17(22)10-23-14-6-4-13(5-7-14)18-12(2)20/h3-9,21H,10H2,1-2H3,(H,18,20)(H,19,22). The van der Waals surface area contributed by atoms with E-state index in [9.17, 15) is 14.7 Å². The molecular weight excluding hydrogens is 312 g/mol. The molecule has 120 valence electrons. The van der Waals surface area contributed by atoms with Crippen molar-refractivity contribution in [1.29, 1.82) is 0 Å². The van der Waals surface area contributed by atoms with Crippen LogP contribution in [0.5, 0.6) is 5.75 Å². The number of amides is 2. The summed E-state index contributed by atoms with van der Waals surface area (Å²) in [6.07, 6.45) is 0. The molecular formula is C17H18N2O3S. The quantitative estimate of drug-likeness (QED) is 0.580. The van der Waals surface area contributed by atoms with E-state index in [1.165, 1.54) is 18.7 Å². The number of hydrogen-bond donors (Lipinski definition) is 3. The maximum atomic E-state index is 11.9. The van der Waals surface area contributed by atoms with Gasteiger partial charge in [0.15, 0.2) is 0 Å². The molecule has 0 saturated carbocycles. The lowest BCUT2D eigenvalue weighted by atomic mass is 10.2. The monoisotopic (exact) mass is 330 g/mol. The highest BCUT2D eigenvalue weighted by atomic mass is 32.2. The predicted molar refractivity (Wildman–Crippen MR) is 92.9 cm³/mol. The van der Waals surface area contributed by atoms with Gasteiger partial charge in [-0.05, 0) is 48.9 Å². The van der Waals surface area contributed by atoms with Crippen molar-refractivity contribution in [2.45, 2.75) is 18.7 Å². The summed E-state index contributed by atoms with van der Waals surface area (Å²) in [5.41, 5.74) is 2.05. The SMILES string of the molecule is CC(=O)Nc1ccc(SCC(=O)Nc2ccc(C)cc2O)cc1. The van der Waals surface area contributed by atoms with Gasteiger partial charge in [-0.1, -0.05) is 6.07 Å². The van der Waals surface area contributed by atoms with Crippen LogP contribution in [0.1, 0.15) is 12.5 Å². The van der Waals surface area contributed by atoms with E-state index in [0.717, 1.165) is 16.1 Å². The molecule has 0 fully saturated rings. The van der Waals surface area contributed by atoms with Crippen molar-refractivity contribution in [2.24, 2.45) is 0 Å². The minimum Gasteiger partial charge on any atom is -0.506 e. The Morgan fingerprint density at radius 2 is 1.78 bits per heavy atom. The van der Waals surface area contributed by atoms with Gasteiger partial charge in [0.05, 0.1) is 11.4 Å². The van der Waals surface area contributed by atoms with Gasteiger partial charge in [-0.3, -0.25) is 9.59 Å². The minimum absolute atomic E-state index is 0.0583. The van der Waals surface area contributed by atoms with Crippen molar-refractivity contribution >= 4 is 35.0 Å². The van der Waals surface area contributed by atoms with Crippen LogP contribution in [-0.4, -0.2) is 22.7 Å². The molecule has 0 bridgehead atoms. The summed E-state index contributed by atoms with van der Waals surface area (Å²) >= 11 is 1.38. The van der Waals surface area contributed by atoms with E-state index in [4.69, 9.17) is 0 Å². The Bertz CT molecular complexity index is 714. The Balaban J connectivity index is 1.87. The average molecular weight is 330 g/mol. The molecule has 2 amide bonds. The number of aromatic hydroxyl groups is 1. The Labute approximate surface area is 139 Å². The number of carbonyl (C=O) groups excluding carboxylic acids is 2. The number of phenolic OH excluding ortho intramolecular Hbond substituents is 1. The zero-order valence-electron chi connectivity index (χ0n) is 12.9. The van der Waals surface area contributed by atoms with Gasteiger partial charge >= 0.3 is 0 Å². The van der Waals surface area contributed by atoms with Crippen molar-refractivity contribution in [3.8, 4) is 5.75 Å². The number of carbonyl (C=O) groups is 2. The van der Waals surface area contributed by atoms with Gasteiger partial charge in [0.2, 0.25) is 11.8 Å². The Hall–Kier alpha value is -2.47. The van der Waals surface area contributed by atoms with Gasteiger partial charge in [0, 0.05) is 17.5 Å². The molecule has 0 atom stereocenters. The molecule has 2 rings (SSSR count). The number of rotatable bonds is 5. The first-order valence-electron chi connectivity index (χ1n) is 7.04. The van der Waals surface area contributed by atoms with Crippen molar-refractivity contribution in [1.82, 2.24) is 0 Å². The van der Waals surface area contributed by atoms with Crippen LogP contribution in [0.2, 0.25) is 0 Å². The summed E-state index contributed by atoms with van der Waals surface area (Å²) in [5.74, 6) is -0.0296. The van der Waals surface area contributed by atoms with E-state index in [1.54, 1.807) is 24.3 Å². The van der Waals surface area contributed by atoms with Crippen LogP contribution in [-0.2, 0) is 9.59 Å². The van der Waals surface area contributed by atoms with Crippen molar-refractivity contribution < 1.29 is 14.7 Å². The van der Waals surface area contributed by atoms with Gasteiger partial charge in [0.25, 0.3) is 0 Å². The first-order valence-corrected chi connectivity index (χ1v) is 8.02. The van der Waals surface area contributed by atoms with Crippen LogP contribution in [0, 0.1) is 6.92 Å². The number of phenols is 1. The van der Waals surface area contributed by atoms with Crippen molar-refractivity contribution in [2.75, 3.05) is 16.4 Å². The van der Waals surface area contributed by atoms with E-state index < -0.39 is 0 Å². The van der Waals surface area contributed by atoms with Gasteiger partial charge < -0.3 is 15.7 Å². The molecule has 0 unspecified atom stereocenters. The smallest absolute Gasteiger partial charge is 0.234 e. The highest BCUT2D eigenvalue weighted by Gasteiger charge is 2.07. The fourth-order valence-electron chi connectivity index (χ4n) is 1.92. The number of hydrogen-bond acceptors (Lipinski definition) is 4. The lowest BCUT2D eigenvalue weighted by Crippen LogP contribution is -2.14.